The van der Waals surface area contributed by atoms with Gasteiger partial charge in [0, 0.05) is 19.6 Å². The molecule has 2 heterocycles. The lowest BCUT2D eigenvalue weighted by atomic mass is 9.86. The highest BCUT2D eigenvalue weighted by atomic mass is 16.5. The molecule has 3 nitrogen and oxygen atoms in total. The Morgan fingerprint density at radius 1 is 1.17 bits per heavy atom. The van der Waals surface area contributed by atoms with E-state index in [1.165, 1.54) is 64.6 Å². The first-order valence-corrected chi connectivity index (χ1v) is 7.82. The van der Waals surface area contributed by atoms with E-state index < -0.39 is 0 Å². The van der Waals surface area contributed by atoms with Crippen molar-refractivity contribution in [2.75, 3.05) is 33.2 Å². The van der Waals surface area contributed by atoms with E-state index in [0.717, 1.165) is 6.54 Å². The second-order valence-corrected chi connectivity index (χ2v) is 6.71. The molecule has 0 aromatic heterocycles. The maximum absolute atomic E-state index is 6.11. The molecule has 3 aliphatic rings. The summed E-state index contributed by atoms with van der Waals surface area (Å²) in [5.74, 6) is 0. The summed E-state index contributed by atoms with van der Waals surface area (Å²) in [5.41, 5.74) is 0.711. The molecule has 104 valence electrons. The summed E-state index contributed by atoms with van der Waals surface area (Å²) in [6.45, 7) is 4.86. The fourth-order valence-electron chi connectivity index (χ4n) is 4.30. The van der Waals surface area contributed by atoms with E-state index in [9.17, 15) is 0 Å². The number of likely N-dealkylation sites (N-methyl/N-ethyl adjacent to an activating group) is 1. The van der Waals surface area contributed by atoms with Crippen LogP contribution in [0.25, 0.3) is 0 Å². The quantitative estimate of drug-likeness (QED) is 0.828. The van der Waals surface area contributed by atoms with Crippen molar-refractivity contribution in [1.29, 1.82) is 0 Å². The summed E-state index contributed by atoms with van der Waals surface area (Å²) in [6, 6.07) is 0. The highest BCUT2D eigenvalue weighted by molar-refractivity contribution is 4.94. The third-order valence-electron chi connectivity index (χ3n) is 5.27. The van der Waals surface area contributed by atoms with E-state index in [0.29, 0.717) is 17.6 Å². The normalized spacial score (nSPS) is 35.8. The number of nitrogens with zero attached hydrogens (tertiary/aromatic N) is 1. The second kappa shape index (κ2) is 5.48. The third-order valence-corrected chi connectivity index (χ3v) is 5.27. The maximum Gasteiger partial charge on any atom is 0.0707 e. The molecule has 2 saturated heterocycles. The van der Waals surface area contributed by atoms with Gasteiger partial charge in [0.25, 0.3) is 0 Å². The fraction of sp³-hybridized carbons (Fsp3) is 1.00. The van der Waals surface area contributed by atoms with Crippen molar-refractivity contribution < 1.29 is 4.74 Å². The van der Waals surface area contributed by atoms with Crippen LogP contribution in [-0.2, 0) is 4.74 Å². The van der Waals surface area contributed by atoms with Crippen molar-refractivity contribution in [3.05, 3.63) is 0 Å². The van der Waals surface area contributed by atoms with Crippen LogP contribution in [0.3, 0.4) is 0 Å². The molecular formula is C15H28N2O. The first-order chi connectivity index (χ1) is 8.80. The molecule has 3 fully saturated rings. The van der Waals surface area contributed by atoms with Crippen molar-refractivity contribution in [3.63, 3.8) is 0 Å². The molecule has 2 unspecified atom stereocenters. The van der Waals surface area contributed by atoms with Crippen molar-refractivity contribution in [2.45, 2.75) is 57.2 Å². The molecule has 1 spiro atoms. The van der Waals surface area contributed by atoms with Crippen LogP contribution in [0.15, 0.2) is 0 Å². The molecular weight excluding hydrogens is 224 g/mol. The molecule has 0 aromatic carbocycles. The zero-order chi connectivity index (χ0) is 12.4. The molecule has 0 aromatic rings. The van der Waals surface area contributed by atoms with Crippen molar-refractivity contribution in [3.8, 4) is 0 Å². The van der Waals surface area contributed by atoms with Gasteiger partial charge < -0.3 is 15.0 Å². The molecule has 2 aliphatic heterocycles. The number of hydrogen-bond acceptors (Lipinski definition) is 3. The Morgan fingerprint density at radius 2 is 1.94 bits per heavy atom. The maximum atomic E-state index is 6.11. The molecule has 1 N–H and O–H groups in total. The van der Waals surface area contributed by atoms with Gasteiger partial charge in [0.1, 0.15) is 0 Å². The highest BCUT2D eigenvalue weighted by Crippen LogP contribution is 2.45. The zero-order valence-corrected chi connectivity index (χ0v) is 11.8. The lowest BCUT2D eigenvalue weighted by Crippen LogP contribution is -2.33. The predicted octanol–water partition coefficient (Wildman–Crippen LogP) is 2.02. The van der Waals surface area contributed by atoms with Crippen molar-refractivity contribution in [2.24, 2.45) is 5.41 Å². The summed E-state index contributed by atoms with van der Waals surface area (Å²) in [5, 5.41) is 3.22. The molecule has 3 rings (SSSR count). The Morgan fingerprint density at radius 3 is 2.72 bits per heavy atom. The van der Waals surface area contributed by atoms with Crippen LogP contribution in [0.2, 0.25) is 0 Å². The van der Waals surface area contributed by atoms with Gasteiger partial charge >= 0.3 is 0 Å². The van der Waals surface area contributed by atoms with Crippen LogP contribution in [-0.4, -0.2) is 50.3 Å². The molecule has 1 saturated carbocycles. The summed E-state index contributed by atoms with van der Waals surface area (Å²) in [6.07, 6.45) is 10.8. The van der Waals surface area contributed by atoms with Crippen LogP contribution in [0.4, 0.5) is 0 Å². The predicted molar refractivity (Wildman–Crippen MR) is 73.8 cm³/mol. The summed E-state index contributed by atoms with van der Waals surface area (Å²) < 4.78 is 6.11. The van der Waals surface area contributed by atoms with E-state index in [4.69, 9.17) is 4.74 Å². The van der Waals surface area contributed by atoms with E-state index in [2.05, 4.69) is 10.2 Å². The standard InChI is InChI=1S/C15H28N2O/c1-16-10-13-4-5-14(18-13)11-17-9-8-15(12-17)6-2-3-7-15/h13-14,16H,2-12H2,1H3. The van der Waals surface area contributed by atoms with E-state index in [-0.39, 0.29) is 0 Å². The molecule has 0 bridgehead atoms. The minimum Gasteiger partial charge on any atom is -0.372 e. The molecule has 2 atom stereocenters. The third kappa shape index (κ3) is 2.73. The minimum atomic E-state index is 0.461. The summed E-state index contributed by atoms with van der Waals surface area (Å²) >= 11 is 0. The smallest absolute Gasteiger partial charge is 0.0707 e. The van der Waals surface area contributed by atoms with Crippen molar-refractivity contribution >= 4 is 0 Å². The Labute approximate surface area is 111 Å². The molecule has 1 aliphatic carbocycles. The van der Waals surface area contributed by atoms with E-state index in [1.807, 2.05) is 7.05 Å². The van der Waals surface area contributed by atoms with Gasteiger partial charge in [0.15, 0.2) is 0 Å². The largest absolute Gasteiger partial charge is 0.372 e. The number of rotatable bonds is 4. The van der Waals surface area contributed by atoms with Crippen LogP contribution in [0, 0.1) is 5.41 Å². The van der Waals surface area contributed by atoms with Gasteiger partial charge in [-0.2, -0.15) is 0 Å². The van der Waals surface area contributed by atoms with Crippen LogP contribution >= 0.6 is 0 Å². The number of likely N-dealkylation sites (tertiary alicyclic amines) is 1. The van der Waals surface area contributed by atoms with Gasteiger partial charge in [-0.05, 0) is 51.1 Å². The van der Waals surface area contributed by atoms with E-state index >= 15 is 0 Å². The number of hydrogen-bond donors (Lipinski definition) is 1. The number of nitrogens with one attached hydrogen (secondary N) is 1. The monoisotopic (exact) mass is 252 g/mol. The molecule has 3 heteroatoms. The second-order valence-electron chi connectivity index (χ2n) is 6.71. The van der Waals surface area contributed by atoms with Gasteiger partial charge in [-0.25, -0.2) is 0 Å². The zero-order valence-electron chi connectivity index (χ0n) is 11.8. The van der Waals surface area contributed by atoms with Gasteiger partial charge in [-0.15, -0.1) is 0 Å². The van der Waals surface area contributed by atoms with Crippen LogP contribution in [0.1, 0.15) is 44.9 Å². The first-order valence-electron chi connectivity index (χ1n) is 7.82. The Bertz CT molecular complexity index is 276. The van der Waals surface area contributed by atoms with Crippen LogP contribution in [0.5, 0.6) is 0 Å². The molecule has 0 radical (unpaired) electrons. The van der Waals surface area contributed by atoms with Crippen LogP contribution < -0.4 is 5.32 Å². The SMILES string of the molecule is CNCC1CCC(CN2CCC3(CCCC3)C2)O1. The van der Waals surface area contributed by atoms with Gasteiger partial charge in [0.05, 0.1) is 12.2 Å². The highest BCUT2D eigenvalue weighted by Gasteiger charge is 2.41. The van der Waals surface area contributed by atoms with E-state index in [1.54, 1.807) is 0 Å². The topological polar surface area (TPSA) is 24.5 Å². The Balaban J connectivity index is 1.44. The lowest BCUT2D eigenvalue weighted by molar-refractivity contribution is 0.0265. The average molecular weight is 252 g/mol. The summed E-state index contributed by atoms with van der Waals surface area (Å²) in [4.78, 5) is 2.68. The first kappa shape index (κ1) is 12.9. The average Bonchev–Trinajstić information content (AvgIpc) is 3.06. The Kier molecular flexibility index (Phi) is 3.92. The van der Waals surface area contributed by atoms with Gasteiger partial charge in [-0.1, -0.05) is 12.8 Å². The molecule has 18 heavy (non-hydrogen) atoms. The Hall–Kier alpha value is -0.120. The minimum absolute atomic E-state index is 0.461. The lowest BCUT2D eigenvalue weighted by Gasteiger charge is -2.25. The van der Waals surface area contributed by atoms with Crippen molar-refractivity contribution in [1.82, 2.24) is 10.2 Å². The van der Waals surface area contributed by atoms with Gasteiger partial charge in [0.2, 0.25) is 0 Å². The number of ether oxygens (including phenoxy) is 1. The fourth-order valence-corrected chi connectivity index (χ4v) is 4.30. The molecule has 0 amide bonds. The summed E-state index contributed by atoms with van der Waals surface area (Å²) in [7, 11) is 2.01. The van der Waals surface area contributed by atoms with Gasteiger partial charge in [-0.3, -0.25) is 0 Å².